The summed E-state index contributed by atoms with van der Waals surface area (Å²) < 4.78 is 25.9. The molecule has 9 heteroatoms. The Balaban J connectivity index is 0.000000431. The van der Waals surface area contributed by atoms with Crippen molar-refractivity contribution in [3.05, 3.63) is 35.5 Å². The number of aliphatic hydroxyl groups is 1. The van der Waals surface area contributed by atoms with E-state index in [4.69, 9.17) is 4.55 Å². The highest BCUT2D eigenvalue weighted by molar-refractivity contribution is 7.85. The lowest BCUT2D eigenvalue weighted by molar-refractivity contribution is -0.128. The first-order valence-corrected chi connectivity index (χ1v) is 11.6. The van der Waals surface area contributed by atoms with E-state index in [1.807, 2.05) is 6.92 Å². The standard InChI is InChI=1S/C19H25N3O2.CH4O3S/c1-11(10-23)21-19(24)13-6-15-14-4-3-5-16-18(14)12(8-20-16)7-17(15)22(2)9-13;1-5(2,3)4/h3-5,8,11,13,15,17,20,23H,6-7,9-10H2,1-2H3,(H,21,24);1H3,(H,2,3,4)/t11-,13?,15+,17+;/m0./s1. The number of aromatic nitrogens is 1. The summed E-state index contributed by atoms with van der Waals surface area (Å²) in [6, 6.07) is 6.73. The first-order valence-electron chi connectivity index (χ1n) is 9.71. The summed E-state index contributed by atoms with van der Waals surface area (Å²) in [7, 11) is -1.54. The number of carbonyl (C=O) groups excluding carboxylic acids is 1. The van der Waals surface area contributed by atoms with Gasteiger partial charge in [-0.25, -0.2) is 0 Å². The molecule has 0 radical (unpaired) electrons. The molecule has 4 atom stereocenters. The van der Waals surface area contributed by atoms with E-state index in [2.05, 4.69) is 46.6 Å². The number of H-pyrrole nitrogens is 1. The first kappa shape index (κ1) is 21.8. The number of nitrogens with zero attached hydrogens (tertiary/aromatic N) is 1. The summed E-state index contributed by atoms with van der Waals surface area (Å²) in [6.07, 6.45) is 4.77. The second-order valence-corrected chi connectivity index (χ2v) is 9.63. The van der Waals surface area contributed by atoms with Crippen LogP contribution in [-0.4, -0.2) is 72.4 Å². The average molecular weight is 424 g/mol. The van der Waals surface area contributed by atoms with Crippen LogP contribution in [0.15, 0.2) is 24.4 Å². The van der Waals surface area contributed by atoms with Gasteiger partial charge < -0.3 is 20.3 Å². The number of carbonyl (C=O) groups is 1. The van der Waals surface area contributed by atoms with Crippen molar-refractivity contribution in [2.45, 2.75) is 37.8 Å². The quantitative estimate of drug-likeness (QED) is 0.549. The van der Waals surface area contributed by atoms with Crippen LogP contribution >= 0.6 is 0 Å². The number of likely N-dealkylation sites (tertiary alicyclic amines) is 1. The van der Waals surface area contributed by atoms with Crippen molar-refractivity contribution in [2.24, 2.45) is 5.92 Å². The normalized spacial score (nSPS) is 24.9. The van der Waals surface area contributed by atoms with Crippen molar-refractivity contribution < 1.29 is 22.9 Å². The van der Waals surface area contributed by atoms with Crippen LogP contribution < -0.4 is 5.32 Å². The molecule has 1 fully saturated rings. The number of fused-ring (bicyclic) bond motifs is 2. The van der Waals surface area contributed by atoms with Crippen LogP contribution in [-0.2, 0) is 21.3 Å². The van der Waals surface area contributed by atoms with E-state index in [9.17, 15) is 18.3 Å². The number of aromatic amines is 1. The molecule has 8 nitrogen and oxygen atoms in total. The van der Waals surface area contributed by atoms with Crippen molar-refractivity contribution in [1.29, 1.82) is 0 Å². The van der Waals surface area contributed by atoms with Gasteiger partial charge >= 0.3 is 0 Å². The van der Waals surface area contributed by atoms with Crippen LogP contribution in [0, 0.1) is 5.92 Å². The van der Waals surface area contributed by atoms with E-state index in [0.29, 0.717) is 18.2 Å². The lowest BCUT2D eigenvalue weighted by Gasteiger charge is -2.45. The predicted molar refractivity (Wildman–Crippen MR) is 111 cm³/mol. The van der Waals surface area contributed by atoms with Crippen molar-refractivity contribution in [1.82, 2.24) is 15.2 Å². The molecule has 2 aromatic rings. The second kappa shape index (κ2) is 8.43. The fourth-order valence-electron chi connectivity index (χ4n) is 4.54. The highest BCUT2D eigenvalue weighted by Crippen LogP contribution is 2.44. The monoisotopic (exact) mass is 423 g/mol. The Labute approximate surface area is 171 Å². The molecule has 1 unspecified atom stereocenters. The molecule has 160 valence electrons. The summed E-state index contributed by atoms with van der Waals surface area (Å²) >= 11 is 0. The van der Waals surface area contributed by atoms with Gasteiger partial charge in [-0.3, -0.25) is 9.35 Å². The van der Waals surface area contributed by atoms with Gasteiger partial charge in [0.25, 0.3) is 10.1 Å². The Kier molecular flexibility index (Phi) is 6.33. The maximum absolute atomic E-state index is 12.6. The van der Waals surface area contributed by atoms with Gasteiger partial charge in [0.15, 0.2) is 0 Å². The number of nitrogens with one attached hydrogen (secondary N) is 2. The van der Waals surface area contributed by atoms with Crippen molar-refractivity contribution in [3.63, 3.8) is 0 Å². The molecule has 4 N–H and O–H groups in total. The number of hydrogen-bond acceptors (Lipinski definition) is 5. The molecular formula is C20H29N3O5S. The van der Waals surface area contributed by atoms with Gasteiger partial charge in [0.2, 0.25) is 5.91 Å². The van der Waals surface area contributed by atoms with E-state index >= 15 is 0 Å². The minimum Gasteiger partial charge on any atom is -0.394 e. The highest BCUT2D eigenvalue weighted by Gasteiger charge is 2.41. The molecule has 1 aromatic heterocycles. The van der Waals surface area contributed by atoms with Gasteiger partial charge in [0.1, 0.15) is 0 Å². The van der Waals surface area contributed by atoms with Crippen LogP contribution in [0.2, 0.25) is 0 Å². The fourth-order valence-corrected chi connectivity index (χ4v) is 4.54. The molecule has 1 saturated heterocycles. The maximum Gasteiger partial charge on any atom is 0.261 e. The summed E-state index contributed by atoms with van der Waals surface area (Å²) in [5, 5.41) is 13.5. The molecule has 29 heavy (non-hydrogen) atoms. The molecule has 1 aliphatic carbocycles. The number of aliphatic hydroxyl groups excluding tert-OH is 1. The van der Waals surface area contributed by atoms with Crippen molar-refractivity contribution in [3.8, 4) is 0 Å². The Hall–Kier alpha value is -1.94. The first-order chi connectivity index (χ1) is 13.6. The van der Waals surface area contributed by atoms with Gasteiger partial charge in [-0.1, -0.05) is 12.1 Å². The summed E-state index contributed by atoms with van der Waals surface area (Å²) in [5.74, 6) is 0.422. The second-order valence-electron chi connectivity index (χ2n) is 8.16. The molecule has 1 aliphatic heterocycles. The zero-order valence-electron chi connectivity index (χ0n) is 16.9. The van der Waals surface area contributed by atoms with Gasteiger partial charge in [-0.05, 0) is 44.0 Å². The van der Waals surface area contributed by atoms with E-state index < -0.39 is 10.1 Å². The lowest BCUT2D eigenvalue weighted by atomic mass is 9.72. The number of rotatable bonds is 3. The highest BCUT2D eigenvalue weighted by atomic mass is 32.2. The zero-order valence-corrected chi connectivity index (χ0v) is 17.7. The third-order valence-corrected chi connectivity index (χ3v) is 5.76. The fraction of sp³-hybridized carbons (Fsp3) is 0.550. The number of likely N-dealkylation sites (N-methyl/N-ethyl adjacent to an activating group) is 1. The summed E-state index contributed by atoms with van der Waals surface area (Å²) in [6.45, 7) is 2.59. The Morgan fingerprint density at radius 1 is 1.41 bits per heavy atom. The van der Waals surface area contributed by atoms with E-state index in [1.54, 1.807) is 0 Å². The van der Waals surface area contributed by atoms with E-state index in [0.717, 1.165) is 19.4 Å². The molecule has 0 spiro atoms. The number of benzene rings is 1. The third kappa shape index (κ3) is 4.98. The van der Waals surface area contributed by atoms with Crippen molar-refractivity contribution in [2.75, 3.05) is 26.5 Å². The van der Waals surface area contributed by atoms with Crippen LogP contribution in [0.1, 0.15) is 30.4 Å². The SMILES string of the molecule is CS(=O)(=O)O.C[C@@H](CO)NC(=O)C1C[C@@H]2c3cccc4[nH]cc(c34)C[C@H]2N(C)C1. The van der Waals surface area contributed by atoms with E-state index in [1.165, 1.54) is 22.0 Å². The number of amides is 1. The van der Waals surface area contributed by atoms with E-state index in [-0.39, 0.29) is 24.5 Å². The van der Waals surface area contributed by atoms with Crippen LogP contribution in [0.4, 0.5) is 0 Å². The molecular weight excluding hydrogens is 394 g/mol. The molecule has 2 heterocycles. The van der Waals surface area contributed by atoms with Gasteiger partial charge in [0.05, 0.1) is 18.8 Å². The van der Waals surface area contributed by atoms with Crippen molar-refractivity contribution >= 4 is 26.9 Å². The Bertz CT molecular complexity index is 979. The molecule has 0 saturated carbocycles. The smallest absolute Gasteiger partial charge is 0.261 e. The topological polar surface area (TPSA) is 123 Å². The van der Waals surface area contributed by atoms with Gasteiger partial charge in [-0.2, -0.15) is 8.42 Å². The van der Waals surface area contributed by atoms with Crippen LogP contribution in [0.25, 0.3) is 10.9 Å². The third-order valence-electron chi connectivity index (χ3n) is 5.76. The molecule has 4 rings (SSSR count). The molecule has 1 aromatic carbocycles. The Morgan fingerprint density at radius 3 is 2.76 bits per heavy atom. The summed E-state index contributed by atoms with van der Waals surface area (Å²) in [4.78, 5) is 18.3. The number of piperidine rings is 1. The minimum atomic E-state index is -3.67. The predicted octanol–water partition coefficient (Wildman–Crippen LogP) is 1.13. The largest absolute Gasteiger partial charge is 0.394 e. The van der Waals surface area contributed by atoms with Gasteiger partial charge in [0, 0.05) is 41.6 Å². The van der Waals surface area contributed by atoms with Crippen LogP contribution in [0.5, 0.6) is 0 Å². The molecule has 2 aliphatic rings. The number of hydrogen-bond donors (Lipinski definition) is 4. The molecule has 1 amide bonds. The Morgan fingerprint density at radius 2 is 2.10 bits per heavy atom. The molecule has 0 bridgehead atoms. The zero-order chi connectivity index (χ0) is 21.3. The summed E-state index contributed by atoms with van der Waals surface area (Å²) in [5.41, 5.74) is 3.97. The van der Waals surface area contributed by atoms with Gasteiger partial charge in [-0.15, -0.1) is 0 Å². The average Bonchev–Trinajstić information content (AvgIpc) is 3.05. The minimum absolute atomic E-state index is 0.0215. The maximum atomic E-state index is 12.6. The lowest BCUT2D eigenvalue weighted by Crippen LogP contribution is -2.52. The van der Waals surface area contributed by atoms with Crippen LogP contribution in [0.3, 0.4) is 0 Å².